The first-order valence-electron chi connectivity index (χ1n) is 6.42. The molecule has 1 aromatic heterocycles. The van der Waals surface area contributed by atoms with Crippen molar-refractivity contribution >= 4 is 5.82 Å². The van der Waals surface area contributed by atoms with Crippen LogP contribution in [0.2, 0.25) is 0 Å². The Morgan fingerprint density at radius 2 is 2.05 bits per heavy atom. The molecule has 1 aromatic rings. The van der Waals surface area contributed by atoms with Gasteiger partial charge in [0.2, 0.25) is 0 Å². The number of hydrogen-bond donors (Lipinski definition) is 2. The van der Waals surface area contributed by atoms with E-state index in [0.29, 0.717) is 18.1 Å². The molecule has 1 aliphatic rings. The fourth-order valence-electron chi connectivity index (χ4n) is 2.21. The van der Waals surface area contributed by atoms with Crippen LogP contribution >= 0.6 is 0 Å². The molecule has 3 N–H and O–H groups in total. The Morgan fingerprint density at radius 3 is 2.79 bits per heavy atom. The molecule has 1 heterocycles. The van der Waals surface area contributed by atoms with Crippen LogP contribution in [0.3, 0.4) is 0 Å². The molecule has 0 atom stereocenters. The molecule has 5 nitrogen and oxygen atoms in total. The zero-order chi connectivity index (χ0) is 13.7. The quantitative estimate of drug-likeness (QED) is 0.466. The van der Waals surface area contributed by atoms with Crippen molar-refractivity contribution in [1.82, 2.24) is 9.97 Å². The summed E-state index contributed by atoms with van der Waals surface area (Å²) in [6, 6.07) is 0. The Balaban J connectivity index is 2.01. The molecule has 0 aliphatic heterocycles. The van der Waals surface area contributed by atoms with Crippen molar-refractivity contribution in [3.63, 3.8) is 0 Å². The number of anilines is 1. The number of aromatic nitrogens is 2. The van der Waals surface area contributed by atoms with E-state index in [4.69, 9.17) is 10.6 Å². The summed E-state index contributed by atoms with van der Waals surface area (Å²) in [4.78, 5) is 8.77. The molecule has 0 amide bonds. The number of rotatable bonds is 6. The molecule has 0 bridgehead atoms. The summed E-state index contributed by atoms with van der Waals surface area (Å²) in [7, 11) is 0. The lowest BCUT2D eigenvalue weighted by molar-refractivity contribution is 0.0183. The number of nitrogen functional groups attached to an aromatic ring is 1. The van der Waals surface area contributed by atoms with Gasteiger partial charge in [-0.1, -0.05) is 0 Å². The van der Waals surface area contributed by atoms with Crippen molar-refractivity contribution in [3.8, 4) is 0 Å². The van der Waals surface area contributed by atoms with Gasteiger partial charge in [0.15, 0.2) is 0 Å². The van der Waals surface area contributed by atoms with Crippen molar-refractivity contribution in [1.29, 1.82) is 0 Å². The van der Waals surface area contributed by atoms with Gasteiger partial charge >= 0.3 is 0 Å². The number of fused-ring (bicyclic) bond motifs is 1. The fourth-order valence-corrected chi connectivity index (χ4v) is 2.21. The molecule has 0 saturated heterocycles. The summed E-state index contributed by atoms with van der Waals surface area (Å²) in [6.07, 6.45) is 2.03. The second kappa shape index (κ2) is 6.72. The molecule has 106 valence electrons. The summed E-state index contributed by atoms with van der Waals surface area (Å²) >= 11 is 0. The Labute approximate surface area is 110 Å². The topological polar surface area (TPSA) is 73.1 Å². The summed E-state index contributed by atoms with van der Waals surface area (Å²) in [5, 5.41) is 0. The van der Waals surface area contributed by atoms with Gasteiger partial charge in [0.05, 0.1) is 6.61 Å². The Bertz CT molecular complexity index is 411. The highest BCUT2D eigenvalue weighted by Gasteiger charge is 2.17. The van der Waals surface area contributed by atoms with Crippen LogP contribution in [0.4, 0.5) is 14.6 Å². The maximum absolute atomic E-state index is 11.9. The number of hydrogen-bond acceptors (Lipinski definition) is 5. The van der Waals surface area contributed by atoms with E-state index in [2.05, 4.69) is 15.4 Å². The number of nitrogens with one attached hydrogen (secondary N) is 1. The number of nitrogens with zero attached hydrogens (tertiary/aromatic N) is 2. The second-order valence-corrected chi connectivity index (χ2v) is 4.48. The van der Waals surface area contributed by atoms with E-state index < -0.39 is 13.0 Å². The molecule has 0 fully saturated rings. The van der Waals surface area contributed by atoms with Gasteiger partial charge < -0.3 is 10.2 Å². The highest BCUT2D eigenvalue weighted by molar-refractivity contribution is 5.46. The smallest absolute Gasteiger partial charge is 0.261 e. The third-order valence-corrected chi connectivity index (χ3v) is 3.08. The van der Waals surface area contributed by atoms with Crippen molar-refractivity contribution in [2.24, 2.45) is 5.84 Å². The Hall–Kier alpha value is -1.34. The van der Waals surface area contributed by atoms with E-state index in [1.165, 1.54) is 0 Å². The summed E-state index contributed by atoms with van der Waals surface area (Å²) < 4.78 is 28.7. The SMILES string of the molecule is NNc1nc(CCOCC(F)F)nc2c1CCCC2. The summed E-state index contributed by atoms with van der Waals surface area (Å²) in [5.41, 5.74) is 4.68. The summed E-state index contributed by atoms with van der Waals surface area (Å²) in [5.74, 6) is 6.70. The zero-order valence-electron chi connectivity index (χ0n) is 10.7. The molecule has 1 aliphatic carbocycles. The van der Waals surface area contributed by atoms with Gasteiger partial charge in [-0.25, -0.2) is 24.6 Å². The highest BCUT2D eigenvalue weighted by atomic mass is 19.3. The average molecular weight is 272 g/mol. The van der Waals surface area contributed by atoms with Gasteiger partial charge in [0.1, 0.15) is 18.2 Å². The van der Waals surface area contributed by atoms with Gasteiger partial charge in [-0.15, -0.1) is 0 Å². The molecular weight excluding hydrogens is 254 g/mol. The van der Waals surface area contributed by atoms with E-state index in [9.17, 15) is 8.78 Å². The van der Waals surface area contributed by atoms with Crippen LogP contribution < -0.4 is 11.3 Å². The average Bonchev–Trinajstić information content (AvgIpc) is 2.42. The molecule has 0 unspecified atom stereocenters. The Kier molecular flexibility index (Phi) is 4.98. The highest BCUT2D eigenvalue weighted by Crippen LogP contribution is 2.24. The van der Waals surface area contributed by atoms with Gasteiger partial charge in [-0.2, -0.15) is 0 Å². The molecule has 0 saturated carbocycles. The molecule has 19 heavy (non-hydrogen) atoms. The van der Waals surface area contributed by atoms with E-state index >= 15 is 0 Å². The van der Waals surface area contributed by atoms with Gasteiger partial charge in [0, 0.05) is 17.7 Å². The van der Waals surface area contributed by atoms with Gasteiger partial charge in [-0.05, 0) is 25.7 Å². The number of nitrogens with two attached hydrogens (primary N) is 1. The summed E-state index contributed by atoms with van der Waals surface area (Å²) in [6.45, 7) is -0.361. The monoisotopic (exact) mass is 272 g/mol. The van der Waals surface area contributed by atoms with Crippen molar-refractivity contribution in [2.45, 2.75) is 38.5 Å². The van der Waals surface area contributed by atoms with E-state index in [1.807, 2.05) is 0 Å². The minimum absolute atomic E-state index is 0.188. The number of ether oxygens (including phenoxy) is 1. The predicted octanol–water partition coefficient (Wildman–Crippen LogP) is 1.47. The normalized spacial score (nSPS) is 14.5. The first-order chi connectivity index (χ1) is 9.20. The van der Waals surface area contributed by atoms with E-state index in [1.54, 1.807) is 0 Å². The van der Waals surface area contributed by atoms with Crippen LogP contribution in [0.1, 0.15) is 29.9 Å². The second-order valence-electron chi connectivity index (χ2n) is 4.48. The van der Waals surface area contributed by atoms with Crippen LogP contribution in [0.15, 0.2) is 0 Å². The van der Waals surface area contributed by atoms with Crippen LogP contribution in [-0.4, -0.2) is 29.6 Å². The van der Waals surface area contributed by atoms with Crippen molar-refractivity contribution in [2.75, 3.05) is 18.6 Å². The standard InChI is InChI=1S/C12H18F2N4O/c13-10(14)7-19-6-5-11-16-9-4-2-1-3-8(9)12(17-11)18-15/h10H,1-7,15H2,(H,16,17,18). The lowest BCUT2D eigenvalue weighted by Crippen LogP contribution is -2.19. The van der Waals surface area contributed by atoms with Gasteiger partial charge in [-0.3, -0.25) is 0 Å². The molecule has 0 radical (unpaired) electrons. The van der Waals surface area contributed by atoms with E-state index in [0.717, 1.165) is 36.9 Å². The predicted molar refractivity (Wildman–Crippen MR) is 67.0 cm³/mol. The number of halogens is 2. The molecule has 7 heteroatoms. The first kappa shape index (κ1) is 14.1. The third kappa shape index (κ3) is 3.81. The maximum atomic E-state index is 11.9. The molecule has 0 aromatic carbocycles. The lowest BCUT2D eigenvalue weighted by atomic mass is 9.96. The maximum Gasteiger partial charge on any atom is 0.261 e. The fraction of sp³-hybridized carbons (Fsp3) is 0.667. The molecule has 2 rings (SSSR count). The molecule has 0 spiro atoms. The number of hydrazine groups is 1. The molecular formula is C12H18F2N4O. The first-order valence-corrected chi connectivity index (χ1v) is 6.42. The Morgan fingerprint density at radius 1 is 1.26 bits per heavy atom. The zero-order valence-corrected chi connectivity index (χ0v) is 10.7. The minimum atomic E-state index is -2.44. The van der Waals surface area contributed by atoms with Crippen molar-refractivity contribution < 1.29 is 13.5 Å². The van der Waals surface area contributed by atoms with Crippen LogP contribution in [-0.2, 0) is 24.0 Å². The van der Waals surface area contributed by atoms with Crippen LogP contribution in [0, 0.1) is 0 Å². The number of aryl methyl sites for hydroxylation is 1. The van der Waals surface area contributed by atoms with Crippen molar-refractivity contribution in [3.05, 3.63) is 17.1 Å². The van der Waals surface area contributed by atoms with Gasteiger partial charge in [0.25, 0.3) is 6.43 Å². The minimum Gasteiger partial charge on any atom is -0.375 e. The van der Waals surface area contributed by atoms with Crippen LogP contribution in [0.25, 0.3) is 0 Å². The van der Waals surface area contributed by atoms with E-state index in [-0.39, 0.29) is 6.61 Å². The largest absolute Gasteiger partial charge is 0.375 e. The van der Waals surface area contributed by atoms with Crippen LogP contribution in [0.5, 0.6) is 0 Å². The third-order valence-electron chi connectivity index (χ3n) is 3.08. The number of alkyl halides is 2. The lowest BCUT2D eigenvalue weighted by Gasteiger charge is -2.18.